The Morgan fingerprint density at radius 2 is 1.69 bits per heavy atom. The number of amides is 2. The summed E-state index contributed by atoms with van der Waals surface area (Å²) in [5.74, 6) is -0.186. The first-order chi connectivity index (χ1) is 7.35. The van der Waals surface area contributed by atoms with Crippen LogP contribution in [0.4, 0.5) is 0 Å². The molecule has 0 atom stereocenters. The number of hydrogen-bond acceptors (Lipinski definition) is 2. The van der Waals surface area contributed by atoms with Gasteiger partial charge in [-0.15, -0.1) is 0 Å². The van der Waals surface area contributed by atoms with Crippen molar-refractivity contribution in [2.24, 2.45) is 0 Å². The first-order valence-electron chi connectivity index (χ1n) is 5.93. The number of nitrogens with one attached hydrogen (secondary N) is 2. The Hall–Kier alpha value is -1.06. The van der Waals surface area contributed by atoms with Gasteiger partial charge in [-0.05, 0) is 27.2 Å². The Labute approximate surface area is 98.2 Å². The van der Waals surface area contributed by atoms with Crippen LogP contribution in [0.3, 0.4) is 0 Å². The Bertz CT molecular complexity index is 232. The molecule has 4 nitrogen and oxygen atoms in total. The quantitative estimate of drug-likeness (QED) is 0.678. The normalized spacial score (nSPS) is 11.0. The topological polar surface area (TPSA) is 58.2 Å². The van der Waals surface area contributed by atoms with Gasteiger partial charge in [-0.2, -0.15) is 0 Å². The van der Waals surface area contributed by atoms with Crippen LogP contribution in [0, 0.1) is 0 Å². The zero-order chi connectivity index (χ0) is 12.6. The zero-order valence-corrected chi connectivity index (χ0v) is 10.9. The summed E-state index contributed by atoms with van der Waals surface area (Å²) in [5.41, 5.74) is -0.246. The fourth-order valence-electron chi connectivity index (χ4n) is 1.27. The van der Waals surface area contributed by atoms with E-state index in [9.17, 15) is 9.59 Å². The molecule has 0 aromatic rings. The molecular weight excluding hydrogens is 204 g/mol. The minimum absolute atomic E-state index is 0.0440. The van der Waals surface area contributed by atoms with Crippen LogP contribution in [0.1, 0.15) is 53.4 Å². The van der Waals surface area contributed by atoms with Crippen molar-refractivity contribution in [2.45, 2.75) is 58.9 Å². The number of carbonyl (C=O) groups excluding carboxylic acids is 2. The molecule has 0 rings (SSSR count). The number of rotatable bonds is 6. The SMILES string of the molecule is CCCCCC(=O)NCC(=O)NC(C)(C)C. The van der Waals surface area contributed by atoms with Gasteiger partial charge in [0, 0.05) is 12.0 Å². The van der Waals surface area contributed by atoms with Crippen LogP contribution < -0.4 is 10.6 Å². The molecule has 2 N–H and O–H groups in total. The van der Waals surface area contributed by atoms with Gasteiger partial charge in [-0.3, -0.25) is 9.59 Å². The maximum atomic E-state index is 11.4. The molecule has 0 aromatic heterocycles. The fourth-order valence-corrected chi connectivity index (χ4v) is 1.27. The molecule has 0 radical (unpaired) electrons. The molecule has 0 spiro atoms. The first kappa shape index (κ1) is 14.9. The van der Waals surface area contributed by atoms with Crippen molar-refractivity contribution in [3.05, 3.63) is 0 Å². The van der Waals surface area contributed by atoms with Crippen LogP contribution in [0.15, 0.2) is 0 Å². The molecule has 0 unspecified atom stereocenters. The Kier molecular flexibility index (Phi) is 6.77. The van der Waals surface area contributed by atoms with Crippen LogP contribution in [0.5, 0.6) is 0 Å². The summed E-state index contributed by atoms with van der Waals surface area (Å²) in [6.07, 6.45) is 3.55. The zero-order valence-electron chi connectivity index (χ0n) is 10.9. The predicted octanol–water partition coefficient (Wildman–Crippen LogP) is 1.60. The number of unbranched alkanes of at least 4 members (excludes halogenated alkanes) is 2. The Balaban J connectivity index is 3.63. The van der Waals surface area contributed by atoms with Crippen molar-refractivity contribution >= 4 is 11.8 Å². The van der Waals surface area contributed by atoms with E-state index in [0.717, 1.165) is 19.3 Å². The maximum absolute atomic E-state index is 11.4. The second kappa shape index (κ2) is 7.25. The molecule has 94 valence electrons. The fraction of sp³-hybridized carbons (Fsp3) is 0.833. The molecule has 0 aromatic carbocycles. The second-order valence-electron chi connectivity index (χ2n) is 5.03. The van der Waals surface area contributed by atoms with Gasteiger partial charge in [0.05, 0.1) is 6.54 Å². The van der Waals surface area contributed by atoms with E-state index in [1.165, 1.54) is 0 Å². The van der Waals surface area contributed by atoms with Crippen LogP contribution in [-0.2, 0) is 9.59 Å². The van der Waals surface area contributed by atoms with Crippen LogP contribution in [0.2, 0.25) is 0 Å². The van der Waals surface area contributed by atoms with Gasteiger partial charge in [-0.25, -0.2) is 0 Å². The minimum Gasteiger partial charge on any atom is -0.350 e. The van der Waals surface area contributed by atoms with Gasteiger partial charge in [0.1, 0.15) is 0 Å². The summed E-state index contributed by atoms with van der Waals surface area (Å²) in [4.78, 5) is 22.7. The Morgan fingerprint density at radius 1 is 1.06 bits per heavy atom. The van der Waals surface area contributed by atoms with Gasteiger partial charge >= 0.3 is 0 Å². The highest BCUT2D eigenvalue weighted by Crippen LogP contribution is 1.99. The summed E-state index contributed by atoms with van der Waals surface area (Å²) in [7, 11) is 0. The van der Waals surface area contributed by atoms with E-state index in [1.807, 2.05) is 20.8 Å². The highest BCUT2D eigenvalue weighted by molar-refractivity contribution is 5.84. The molecule has 4 heteroatoms. The van der Waals surface area contributed by atoms with E-state index in [-0.39, 0.29) is 23.9 Å². The number of hydrogen-bond donors (Lipinski definition) is 2. The smallest absolute Gasteiger partial charge is 0.239 e. The maximum Gasteiger partial charge on any atom is 0.239 e. The van der Waals surface area contributed by atoms with Crippen molar-refractivity contribution in [3.8, 4) is 0 Å². The van der Waals surface area contributed by atoms with Crippen molar-refractivity contribution in [1.82, 2.24) is 10.6 Å². The van der Waals surface area contributed by atoms with E-state index < -0.39 is 0 Å². The second-order valence-corrected chi connectivity index (χ2v) is 5.03. The average Bonchev–Trinajstić information content (AvgIpc) is 2.12. The molecular formula is C12H24N2O2. The molecule has 0 saturated carbocycles. The largest absolute Gasteiger partial charge is 0.350 e. The van der Waals surface area contributed by atoms with E-state index >= 15 is 0 Å². The van der Waals surface area contributed by atoms with E-state index in [1.54, 1.807) is 0 Å². The molecule has 0 aliphatic rings. The Morgan fingerprint density at radius 3 is 2.19 bits per heavy atom. The molecule has 0 aliphatic heterocycles. The minimum atomic E-state index is -0.246. The summed E-state index contributed by atoms with van der Waals surface area (Å²) < 4.78 is 0. The van der Waals surface area contributed by atoms with Crippen molar-refractivity contribution in [2.75, 3.05) is 6.54 Å². The third kappa shape index (κ3) is 9.49. The summed E-state index contributed by atoms with van der Waals surface area (Å²) in [6, 6.07) is 0. The van der Waals surface area contributed by atoms with Gasteiger partial charge in [0.2, 0.25) is 11.8 Å². The van der Waals surface area contributed by atoms with Crippen LogP contribution in [0.25, 0.3) is 0 Å². The first-order valence-corrected chi connectivity index (χ1v) is 5.93. The van der Waals surface area contributed by atoms with Crippen molar-refractivity contribution in [3.63, 3.8) is 0 Å². The van der Waals surface area contributed by atoms with Crippen molar-refractivity contribution in [1.29, 1.82) is 0 Å². The lowest BCUT2D eigenvalue weighted by Crippen LogP contribution is -2.45. The van der Waals surface area contributed by atoms with E-state index in [0.29, 0.717) is 6.42 Å². The standard InChI is InChI=1S/C12H24N2O2/c1-5-6-7-8-10(15)13-9-11(16)14-12(2,3)4/h5-9H2,1-4H3,(H,13,15)(H,14,16). The highest BCUT2D eigenvalue weighted by atomic mass is 16.2. The molecule has 2 amide bonds. The third-order valence-electron chi connectivity index (χ3n) is 1.97. The summed E-state index contributed by atoms with van der Waals surface area (Å²) >= 11 is 0. The molecule has 0 bridgehead atoms. The van der Waals surface area contributed by atoms with Gasteiger partial charge < -0.3 is 10.6 Å². The van der Waals surface area contributed by atoms with Crippen LogP contribution >= 0.6 is 0 Å². The predicted molar refractivity (Wildman–Crippen MR) is 65.0 cm³/mol. The highest BCUT2D eigenvalue weighted by Gasteiger charge is 2.13. The molecule has 0 saturated heterocycles. The summed E-state index contributed by atoms with van der Waals surface area (Å²) in [5, 5.41) is 5.40. The molecule has 0 aliphatic carbocycles. The molecule has 0 heterocycles. The lowest BCUT2D eigenvalue weighted by molar-refractivity contribution is -0.126. The molecule has 16 heavy (non-hydrogen) atoms. The van der Waals surface area contributed by atoms with Gasteiger partial charge in [0.15, 0.2) is 0 Å². The monoisotopic (exact) mass is 228 g/mol. The lowest BCUT2D eigenvalue weighted by atomic mass is 10.1. The van der Waals surface area contributed by atoms with Gasteiger partial charge in [-0.1, -0.05) is 19.8 Å². The van der Waals surface area contributed by atoms with Crippen LogP contribution in [-0.4, -0.2) is 23.9 Å². The van der Waals surface area contributed by atoms with E-state index in [2.05, 4.69) is 17.6 Å². The molecule has 0 fully saturated rings. The summed E-state index contributed by atoms with van der Waals surface area (Å²) in [6.45, 7) is 7.90. The van der Waals surface area contributed by atoms with Gasteiger partial charge in [0.25, 0.3) is 0 Å². The lowest BCUT2D eigenvalue weighted by Gasteiger charge is -2.20. The third-order valence-corrected chi connectivity index (χ3v) is 1.97. The van der Waals surface area contributed by atoms with E-state index in [4.69, 9.17) is 0 Å². The van der Waals surface area contributed by atoms with Crippen molar-refractivity contribution < 1.29 is 9.59 Å². The average molecular weight is 228 g/mol. The number of carbonyl (C=O) groups is 2.